The molecular weight excluding hydrogens is 407 g/mol. The minimum atomic E-state index is -0.219. The van der Waals surface area contributed by atoms with E-state index >= 15 is 0 Å². The molecule has 4 rings (SSSR count). The van der Waals surface area contributed by atoms with Gasteiger partial charge in [-0.1, -0.05) is 23.7 Å². The summed E-state index contributed by atoms with van der Waals surface area (Å²) in [5.41, 5.74) is 2.12. The molecule has 0 unspecified atom stereocenters. The Kier molecular flexibility index (Phi) is 6.56. The lowest BCUT2D eigenvalue weighted by atomic mass is 10.0. The SMILES string of the molecule is COCCn1nnnc1[C@@H](c1ccc(Cl)cc1)N1CCN(c2ccc(F)cc2)CC1. The number of piperazine rings is 1. The van der Waals surface area contributed by atoms with Crippen molar-refractivity contribution in [3.63, 3.8) is 0 Å². The van der Waals surface area contributed by atoms with Crippen molar-refractivity contribution < 1.29 is 9.13 Å². The van der Waals surface area contributed by atoms with Gasteiger partial charge in [-0.05, 0) is 52.4 Å². The standard InChI is InChI=1S/C21H24ClFN6O/c1-30-15-14-29-21(24-25-26-29)20(16-2-4-17(22)5-3-16)28-12-10-27(11-13-28)19-8-6-18(23)7-9-19/h2-9,20H,10-15H2,1H3/t20-/m1/s1. The summed E-state index contributed by atoms with van der Waals surface area (Å²) in [7, 11) is 1.66. The number of ether oxygens (including phenoxy) is 1. The van der Waals surface area contributed by atoms with Crippen molar-refractivity contribution in [3.05, 3.63) is 70.8 Å². The molecule has 1 atom stereocenters. The van der Waals surface area contributed by atoms with Gasteiger partial charge in [-0.2, -0.15) is 0 Å². The molecule has 1 fully saturated rings. The normalized spacial score (nSPS) is 16.0. The molecule has 1 aliphatic heterocycles. The van der Waals surface area contributed by atoms with E-state index in [0.29, 0.717) is 18.2 Å². The maximum Gasteiger partial charge on any atom is 0.173 e. The van der Waals surface area contributed by atoms with Gasteiger partial charge in [-0.25, -0.2) is 9.07 Å². The summed E-state index contributed by atoms with van der Waals surface area (Å²) in [5.74, 6) is 0.563. The number of hydrogen-bond acceptors (Lipinski definition) is 6. The highest BCUT2D eigenvalue weighted by molar-refractivity contribution is 6.30. The topological polar surface area (TPSA) is 59.3 Å². The number of benzene rings is 2. The van der Waals surface area contributed by atoms with Crippen molar-refractivity contribution in [2.75, 3.05) is 44.8 Å². The lowest BCUT2D eigenvalue weighted by Crippen LogP contribution is -2.48. The van der Waals surface area contributed by atoms with E-state index in [1.54, 1.807) is 11.8 Å². The predicted molar refractivity (Wildman–Crippen MR) is 113 cm³/mol. The average Bonchev–Trinajstić information content (AvgIpc) is 3.23. The van der Waals surface area contributed by atoms with Gasteiger partial charge in [0.1, 0.15) is 5.82 Å². The molecule has 0 radical (unpaired) electrons. The summed E-state index contributed by atoms with van der Waals surface area (Å²) in [6.07, 6.45) is 0. The van der Waals surface area contributed by atoms with Crippen molar-refractivity contribution >= 4 is 17.3 Å². The smallest absolute Gasteiger partial charge is 0.173 e. The zero-order chi connectivity index (χ0) is 20.9. The summed E-state index contributed by atoms with van der Waals surface area (Å²) < 4.78 is 20.3. The highest BCUT2D eigenvalue weighted by atomic mass is 35.5. The minimum Gasteiger partial charge on any atom is -0.383 e. The summed E-state index contributed by atoms with van der Waals surface area (Å²) >= 11 is 6.12. The van der Waals surface area contributed by atoms with Gasteiger partial charge in [0.15, 0.2) is 5.82 Å². The second-order valence-corrected chi connectivity index (χ2v) is 7.64. The molecule has 2 heterocycles. The lowest BCUT2D eigenvalue weighted by molar-refractivity contribution is 0.172. The summed E-state index contributed by atoms with van der Waals surface area (Å²) in [5, 5.41) is 13.1. The number of hydrogen-bond donors (Lipinski definition) is 0. The Morgan fingerprint density at radius 3 is 2.40 bits per heavy atom. The van der Waals surface area contributed by atoms with E-state index in [1.165, 1.54) is 12.1 Å². The van der Waals surface area contributed by atoms with E-state index in [4.69, 9.17) is 16.3 Å². The van der Waals surface area contributed by atoms with Crippen LogP contribution >= 0.6 is 11.6 Å². The molecule has 1 aromatic heterocycles. The molecule has 7 nitrogen and oxygen atoms in total. The first kappa shape index (κ1) is 20.7. The number of halogens is 2. The third-order valence-electron chi connectivity index (χ3n) is 5.37. The zero-order valence-electron chi connectivity index (χ0n) is 16.8. The minimum absolute atomic E-state index is 0.0931. The molecule has 30 heavy (non-hydrogen) atoms. The van der Waals surface area contributed by atoms with Gasteiger partial charge in [0, 0.05) is 44.0 Å². The van der Waals surface area contributed by atoms with Gasteiger partial charge >= 0.3 is 0 Å². The van der Waals surface area contributed by atoms with Gasteiger partial charge in [-0.15, -0.1) is 5.10 Å². The Labute approximate surface area is 180 Å². The quantitative estimate of drug-likeness (QED) is 0.574. The number of tetrazole rings is 1. The Hall–Kier alpha value is -2.55. The van der Waals surface area contributed by atoms with E-state index in [1.807, 2.05) is 36.4 Å². The fourth-order valence-electron chi connectivity index (χ4n) is 3.80. The maximum absolute atomic E-state index is 13.3. The second-order valence-electron chi connectivity index (χ2n) is 7.21. The lowest BCUT2D eigenvalue weighted by Gasteiger charge is -2.40. The van der Waals surface area contributed by atoms with Crippen LogP contribution in [-0.2, 0) is 11.3 Å². The molecule has 0 N–H and O–H groups in total. The molecule has 0 amide bonds. The fourth-order valence-corrected chi connectivity index (χ4v) is 3.93. The molecule has 0 aliphatic carbocycles. The summed E-state index contributed by atoms with van der Waals surface area (Å²) in [6, 6.07) is 14.4. The Balaban J connectivity index is 1.57. The third-order valence-corrected chi connectivity index (χ3v) is 5.62. The van der Waals surface area contributed by atoms with Crippen molar-refractivity contribution in [2.24, 2.45) is 0 Å². The summed E-state index contributed by atoms with van der Waals surface area (Å²) in [4.78, 5) is 4.64. The van der Waals surface area contributed by atoms with Gasteiger partial charge < -0.3 is 9.64 Å². The molecule has 3 aromatic rings. The molecular formula is C21H24ClFN6O. The first-order valence-corrected chi connectivity index (χ1v) is 10.3. The van der Waals surface area contributed by atoms with Crippen LogP contribution in [0.2, 0.25) is 5.02 Å². The average molecular weight is 431 g/mol. The molecule has 2 aromatic carbocycles. The second kappa shape index (κ2) is 9.51. The number of anilines is 1. The number of nitrogens with zero attached hydrogens (tertiary/aromatic N) is 6. The molecule has 158 valence electrons. The van der Waals surface area contributed by atoms with Crippen LogP contribution in [0.25, 0.3) is 0 Å². The molecule has 0 spiro atoms. The number of methoxy groups -OCH3 is 1. The van der Waals surface area contributed by atoms with Crippen molar-refractivity contribution in [1.82, 2.24) is 25.1 Å². The Morgan fingerprint density at radius 2 is 1.73 bits per heavy atom. The van der Waals surface area contributed by atoms with E-state index in [0.717, 1.165) is 43.3 Å². The zero-order valence-corrected chi connectivity index (χ0v) is 17.5. The van der Waals surface area contributed by atoms with Crippen LogP contribution in [0.15, 0.2) is 48.5 Å². The van der Waals surface area contributed by atoms with Crippen LogP contribution in [-0.4, -0.2) is 65.0 Å². The summed E-state index contributed by atoms with van der Waals surface area (Å²) in [6.45, 7) is 4.41. The monoisotopic (exact) mass is 430 g/mol. The van der Waals surface area contributed by atoms with Crippen LogP contribution in [0.5, 0.6) is 0 Å². The first-order valence-electron chi connectivity index (χ1n) is 9.91. The van der Waals surface area contributed by atoms with E-state index in [2.05, 4.69) is 25.3 Å². The van der Waals surface area contributed by atoms with Crippen molar-refractivity contribution in [3.8, 4) is 0 Å². The van der Waals surface area contributed by atoms with Gasteiger partial charge in [-0.3, -0.25) is 4.90 Å². The van der Waals surface area contributed by atoms with Crippen LogP contribution in [0.4, 0.5) is 10.1 Å². The van der Waals surface area contributed by atoms with Gasteiger partial charge in [0.25, 0.3) is 0 Å². The maximum atomic E-state index is 13.3. The molecule has 0 bridgehead atoms. The fraction of sp³-hybridized carbons (Fsp3) is 0.381. The highest BCUT2D eigenvalue weighted by Gasteiger charge is 2.30. The molecule has 9 heteroatoms. The van der Waals surface area contributed by atoms with Crippen LogP contribution < -0.4 is 4.90 Å². The Morgan fingerprint density at radius 1 is 1.03 bits per heavy atom. The number of aromatic nitrogens is 4. The van der Waals surface area contributed by atoms with Crippen molar-refractivity contribution in [1.29, 1.82) is 0 Å². The van der Waals surface area contributed by atoms with Gasteiger partial charge in [0.2, 0.25) is 0 Å². The van der Waals surface area contributed by atoms with Crippen LogP contribution in [0, 0.1) is 5.82 Å². The molecule has 0 saturated carbocycles. The number of rotatable bonds is 7. The van der Waals surface area contributed by atoms with Crippen LogP contribution in [0.1, 0.15) is 17.4 Å². The highest BCUT2D eigenvalue weighted by Crippen LogP contribution is 2.30. The van der Waals surface area contributed by atoms with Crippen molar-refractivity contribution in [2.45, 2.75) is 12.6 Å². The van der Waals surface area contributed by atoms with E-state index < -0.39 is 0 Å². The first-order chi connectivity index (χ1) is 14.7. The largest absolute Gasteiger partial charge is 0.383 e. The van der Waals surface area contributed by atoms with Gasteiger partial charge in [0.05, 0.1) is 19.2 Å². The van der Waals surface area contributed by atoms with Crippen LogP contribution in [0.3, 0.4) is 0 Å². The predicted octanol–water partition coefficient (Wildman–Crippen LogP) is 3.02. The third kappa shape index (κ3) is 4.61. The van der Waals surface area contributed by atoms with E-state index in [-0.39, 0.29) is 11.9 Å². The molecule has 1 saturated heterocycles. The van der Waals surface area contributed by atoms with E-state index in [9.17, 15) is 4.39 Å². The Bertz CT molecular complexity index is 941. The molecule has 1 aliphatic rings.